The monoisotopic (exact) mass is 419 g/mol. The molecule has 9 heteroatoms. The van der Waals surface area contributed by atoms with Crippen LogP contribution in [0.3, 0.4) is 0 Å². The van der Waals surface area contributed by atoms with Gasteiger partial charge in [-0.15, -0.1) is 11.8 Å². The molecule has 7 nitrogen and oxygen atoms in total. The molecule has 1 aliphatic rings. The predicted molar refractivity (Wildman–Crippen MR) is 110 cm³/mol. The van der Waals surface area contributed by atoms with E-state index in [0.717, 1.165) is 5.56 Å². The first-order valence-electron chi connectivity index (χ1n) is 8.75. The standard InChI is InChI=1S/C19H21N3O4S2/c20-18(23)13-27-17-8-4-2-6-15(17)19(24)21-10-12-28(25,26)22-11-9-14-5-1-3-7-16(14)22/h1-8H,9-13H2,(H2,20,23)(H,21,24). The number of carbonyl (C=O) groups is 2. The lowest BCUT2D eigenvalue weighted by Crippen LogP contribution is -2.37. The van der Waals surface area contributed by atoms with Gasteiger partial charge >= 0.3 is 0 Å². The Morgan fingerprint density at radius 1 is 1.11 bits per heavy atom. The number of amides is 2. The maximum absolute atomic E-state index is 12.7. The van der Waals surface area contributed by atoms with Gasteiger partial charge < -0.3 is 11.1 Å². The Hall–Kier alpha value is -2.52. The summed E-state index contributed by atoms with van der Waals surface area (Å²) in [6.45, 7) is 0.414. The molecular formula is C19H21N3O4S2. The summed E-state index contributed by atoms with van der Waals surface area (Å²) >= 11 is 1.17. The molecule has 0 saturated carbocycles. The number of nitrogens with one attached hydrogen (secondary N) is 1. The lowest BCUT2D eigenvalue weighted by atomic mass is 10.2. The van der Waals surface area contributed by atoms with Crippen molar-refractivity contribution in [3.63, 3.8) is 0 Å². The van der Waals surface area contributed by atoms with Gasteiger partial charge in [0.1, 0.15) is 0 Å². The van der Waals surface area contributed by atoms with Crippen LogP contribution in [0.25, 0.3) is 0 Å². The molecule has 2 aromatic carbocycles. The van der Waals surface area contributed by atoms with Gasteiger partial charge in [0.05, 0.1) is 22.8 Å². The minimum Gasteiger partial charge on any atom is -0.369 e. The lowest BCUT2D eigenvalue weighted by Gasteiger charge is -2.19. The third-order valence-electron chi connectivity index (χ3n) is 4.33. The summed E-state index contributed by atoms with van der Waals surface area (Å²) in [4.78, 5) is 24.1. The SMILES string of the molecule is NC(=O)CSc1ccccc1C(=O)NCCS(=O)(=O)N1CCc2ccccc21. The Labute approximate surface area is 168 Å². The summed E-state index contributed by atoms with van der Waals surface area (Å²) in [6.07, 6.45) is 0.687. The van der Waals surface area contributed by atoms with E-state index in [4.69, 9.17) is 5.73 Å². The van der Waals surface area contributed by atoms with Crippen molar-refractivity contribution >= 4 is 39.3 Å². The molecule has 0 unspecified atom stereocenters. The van der Waals surface area contributed by atoms with E-state index in [9.17, 15) is 18.0 Å². The molecule has 1 heterocycles. The smallest absolute Gasteiger partial charge is 0.252 e. The van der Waals surface area contributed by atoms with Crippen LogP contribution in [0.1, 0.15) is 15.9 Å². The first kappa shape index (κ1) is 20.2. The summed E-state index contributed by atoms with van der Waals surface area (Å²) in [7, 11) is -3.53. The van der Waals surface area contributed by atoms with Gasteiger partial charge in [-0.1, -0.05) is 30.3 Å². The van der Waals surface area contributed by atoms with Crippen LogP contribution in [0.4, 0.5) is 5.69 Å². The molecule has 0 aliphatic carbocycles. The number of rotatable bonds is 8. The van der Waals surface area contributed by atoms with Crippen LogP contribution < -0.4 is 15.4 Å². The fourth-order valence-electron chi connectivity index (χ4n) is 3.02. The van der Waals surface area contributed by atoms with Crippen molar-refractivity contribution in [1.29, 1.82) is 0 Å². The van der Waals surface area contributed by atoms with E-state index < -0.39 is 15.9 Å². The number of sulfonamides is 1. The fourth-order valence-corrected chi connectivity index (χ4v) is 5.24. The van der Waals surface area contributed by atoms with Crippen molar-refractivity contribution in [3.8, 4) is 0 Å². The quantitative estimate of drug-likeness (QED) is 0.629. The van der Waals surface area contributed by atoms with Gasteiger partial charge in [-0.05, 0) is 30.2 Å². The van der Waals surface area contributed by atoms with Crippen molar-refractivity contribution in [2.24, 2.45) is 5.73 Å². The number of anilines is 1. The summed E-state index contributed by atoms with van der Waals surface area (Å²) < 4.78 is 26.8. The molecule has 148 valence electrons. The van der Waals surface area contributed by atoms with Crippen LogP contribution in [0.15, 0.2) is 53.4 Å². The lowest BCUT2D eigenvalue weighted by molar-refractivity contribution is -0.115. The molecular weight excluding hydrogens is 398 g/mol. The highest BCUT2D eigenvalue weighted by Gasteiger charge is 2.28. The van der Waals surface area contributed by atoms with Gasteiger partial charge in [-0.25, -0.2) is 8.42 Å². The van der Waals surface area contributed by atoms with Crippen molar-refractivity contribution in [1.82, 2.24) is 5.32 Å². The second-order valence-electron chi connectivity index (χ2n) is 6.27. The van der Waals surface area contributed by atoms with Crippen molar-refractivity contribution in [2.45, 2.75) is 11.3 Å². The maximum Gasteiger partial charge on any atom is 0.252 e. The summed E-state index contributed by atoms with van der Waals surface area (Å²) in [6, 6.07) is 14.2. The summed E-state index contributed by atoms with van der Waals surface area (Å²) in [5.74, 6) is -0.988. The molecule has 0 saturated heterocycles. The van der Waals surface area contributed by atoms with Gasteiger partial charge in [-0.3, -0.25) is 13.9 Å². The Bertz CT molecular complexity index is 992. The number of thioether (sulfide) groups is 1. The van der Waals surface area contributed by atoms with Gasteiger partial charge in [0.25, 0.3) is 5.91 Å². The topological polar surface area (TPSA) is 110 Å². The molecule has 3 N–H and O–H groups in total. The molecule has 0 bridgehead atoms. The van der Waals surface area contributed by atoms with Crippen molar-refractivity contribution in [3.05, 3.63) is 59.7 Å². The second-order valence-corrected chi connectivity index (χ2v) is 9.30. The Kier molecular flexibility index (Phi) is 6.25. The van der Waals surface area contributed by atoms with E-state index in [-0.39, 0.29) is 24.0 Å². The zero-order valence-corrected chi connectivity index (χ0v) is 16.8. The molecule has 2 aromatic rings. The zero-order valence-electron chi connectivity index (χ0n) is 15.1. The number of nitrogens with zero attached hydrogens (tertiary/aromatic N) is 1. The molecule has 3 rings (SSSR count). The normalized spacial score (nSPS) is 13.2. The number of hydrogen-bond acceptors (Lipinski definition) is 5. The van der Waals surface area contributed by atoms with Crippen molar-refractivity contribution in [2.75, 3.05) is 28.9 Å². The van der Waals surface area contributed by atoms with Gasteiger partial charge in [-0.2, -0.15) is 0 Å². The first-order valence-corrected chi connectivity index (χ1v) is 11.3. The number of primary amides is 1. The third kappa shape index (κ3) is 4.66. The highest BCUT2D eigenvalue weighted by Crippen LogP contribution is 2.29. The van der Waals surface area contributed by atoms with E-state index in [2.05, 4.69) is 5.32 Å². The van der Waals surface area contributed by atoms with Crippen molar-refractivity contribution < 1.29 is 18.0 Å². The zero-order chi connectivity index (χ0) is 20.1. The fraction of sp³-hybridized carbons (Fsp3) is 0.263. The summed E-state index contributed by atoms with van der Waals surface area (Å²) in [5, 5.41) is 2.66. The van der Waals surface area contributed by atoms with E-state index in [0.29, 0.717) is 29.1 Å². The number of fused-ring (bicyclic) bond motifs is 1. The van der Waals surface area contributed by atoms with Crippen LogP contribution in [0.5, 0.6) is 0 Å². The summed E-state index contributed by atoms with van der Waals surface area (Å²) in [5.41, 5.74) is 7.26. The first-order chi connectivity index (χ1) is 13.4. The number of nitrogens with two attached hydrogens (primary N) is 1. The number of hydrogen-bond donors (Lipinski definition) is 2. The number of carbonyl (C=O) groups excluding carboxylic acids is 2. The van der Waals surface area contributed by atoms with Crippen LogP contribution in [0.2, 0.25) is 0 Å². The van der Waals surface area contributed by atoms with Crippen LogP contribution in [0, 0.1) is 0 Å². The van der Waals surface area contributed by atoms with E-state index in [1.54, 1.807) is 30.3 Å². The minimum absolute atomic E-state index is 0.00530. The number of benzene rings is 2. The van der Waals surface area contributed by atoms with E-state index >= 15 is 0 Å². The molecule has 28 heavy (non-hydrogen) atoms. The van der Waals surface area contributed by atoms with E-state index in [1.807, 2.05) is 18.2 Å². The molecule has 0 aromatic heterocycles. The molecule has 0 spiro atoms. The highest BCUT2D eigenvalue weighted by molar-refractivity contribution is 8.00. The average molecular weight is 420 g/mol. The maximum atomic E-state index is 12.7. The molecule has 0 atom stereocenters. The third-order valence-corrected chi connectivity index (χ3v) is 7.19. The largest absolute Gasteiger partial charge is 0.369 e. The van der Waals surface area contributed by atoms with Crippen LogP contribution in [-0.4, -0.2) is 44.8 Å². The Morgan fingerprint density at radius 3 is 2.61 bits per heavy atom. The average Bonchev–Trinajstić information content (AvgIpc) is 3.11. The second kappa shape index (κ2) is 8.66. The van der Waals surface area contributed by atoms with E-state index in [1.165, 1.54) is 16.1 Å². The Morgan fingerprint density at radius 2 is 1.82 bits per heavy atom. The van der Waals surface area contributed by atoms with Gasteiger partial charge in [0.15, 0.2) is 0 Å². The predicted octanol–water partition coefficient (Wildman–Crippen LogP) is 1.39. The molecule has 2 amide bonds. The highest BCUT2D eigenvalue weighted by atomic mass is 32.2. The van der Waals surface area contributed by atoms with Gasteiger partial charge in [0.2, 0.25) is 15.9 Å². The molecule has 1 aliphatic heterocycles. The Balaban J connectivity index is 1.61. The van der Waals surface area contributed by atoms with Gasteiger partial charge in [0, 0.05) is 18.0 Å². The molecule has 0 fully saturated rings. The van der Waals surface area contributed by atoms with Crippen LogP contribution >= 0.6 is 11.8 Å². The number of para-hydroxylation sites is 1. The molecule has 0 radical (unpaired) electrons. The minimum atomic E-state index is -3.53. The van der Waals surface area contributed by atoms with Crippen LogP contribution in [-0.2, 0) is 21.2 Å².